The van der Waals surface area contributed by atoms with Gasteiger partial charge in [0.05, 0.1) is 15.7 Å². The Hall–Kier alpha value is -2.21. The van der Waals surface area contributed by atoms with Crippen molar-refractivity contribution in [3.8, 4) is 0 Å². The van der Waals surface area contributed by atoms with E-state index >= 15 is 0 Å². The summed E-state index contributed by atoms with van der Waals surface area (Å²) >= 11 is 0. The van der Waals surface area contributed by atoms with Gasteiger partial charge >= 0.3 is 0 Å². The van der Waals surface area contributed by atoms with E-state index in [0.717, 1.165) is 0 Å². The number of non-ortho nitro benzene ring substituents is 1. The number of rotatable bonds is 3. The van der Waals surface area contributed by atoms with E-state index in [2.05, 4.69) is 0 Å². The number of hydrogen-bond donors (Lipinski definition) is 1. The van der Waals surface area contributed by atoms with Crippen LogP contribution in [0, 0.1) is 10.1 Å². The van der Waals surface area contributed by atoms with Crippen LogP contribution in [0.25, 0.3) is 0 Å². The SMILES string of the molecule is Nc1ccc(S(=O)c2ccc([N+](=O)[O-])cc2)cc1. The van der Waals surface area contributed by atoms with Crippen molar-refractivity contribution < 1.29 is 9.13 Å². The monoisotopic (exact) mass is 262 g/mol. The van der Waals surface area contributed by atoms with Crippen LogP contribution in [0.3, 0.4) is 0 Å². The molecule has 0 saturated carbocycles. The van der Waals surface area contributed by atoms with Crippen LogP contribution in [-0.4, -0.2) is 9.13 Å². The van der Waals surface area contributed by atoms with E-state index in [-0.39, 0.29) is 5.69 Å². The molecule has 92 valence electrons. The largest absolute Gasteiger partial charge is 0.399 e. The molecule has 0 aliphatic carbocycles. The lowest BCUT2D eigenvalue weighted by Gasteiger charge is -2.02. The molecule has 2 N–H and O–H groups in total. The zero-order chi connectivity index (χ0) is 13.1. The molecule has 0 spiro atoms. The molecule has 0 aromatic heterocycles. The van der Waals surface area contributed by atoms with Gasteiger partial charge in [-0.1, -0.05) is 0 Å². The van der Waals surface area contributed by atoms with E-state index < -0.39 is 15.7 Å². The number of benzene rings is 2. The summed E-state index contributed by atoms with van der Waals surface area (Å²) in [4.78, 5) is 11.1. The van der Waals surface area contributed by atoms with Gasteiger partial charge < -0.3 is 5.73 Å². The maximum atomic E-state index is 12.1. The highest BCUT2D eigenvalue weighted by atomic mass is 32.2. The summed E-state index contributed by atoms with van der Waals surface area (Å²) in [6.45, 7) is 0. The minimum Gasteiger partial charge on any atom is -0.399 e. The Morgan fingerprint density at radius 2 is 1.39 bits per heavy atom. The Bertz CT molecular complexity index is 594. The number of nitrogens with zero attached hydrogens (tertiary/aromatic N) is 1. The topological polar surface area (TPSA) is 86.2 Å². The standard InChI is InChI=1S/C12H10N2O3S/c13-9-1-5-11(6-2-9)18(17)12-7-3-10(4-8-12)14(15)16/h1-8H,13H2. The molecular weight excluding hydrogens is 252 g/mol. The van der Waals surface area contributed by atoms with Crippen LogP contribution in [0.5, 0.6) is 0 Å². The molecule has 0 fully saturated rings. The molecule has 2 aromatic rings. The first-order chi connectivity index (χ1) is 8.58. The van der Waals surface area contributed by atoms with Crippen molar-refractivity contribution in [2.75, 3.05) is 5.73 Å². The lowest BCUT2D eigenvalue weighted by atomic mass is 10.3. The van der Waals surface area contributed by atoms with E-state index in [1.54, 1.807) is 24.3 Å². The van der Waals surface area contributed by atoms with Crippen molar-refractivity contribution in [3.63, 3.8) is 0 Å². The highest BCUT2D eigenvalue weighted by Gasteiger charge is 2.09. The number of nitrogens with two attached hydrogens (primary N) is 1. The minimum absolute atomic E-state index is 0.0203. The number of nitro benzene ring substituents is 1. The van der Waals surface area contributed by atoms with Crippen molar-refractivity contribution in [2.45, 2.75) is 9.79 Å². The second-order valence-corrected chi connectivity index (χ2v) is 5.07. The van der Waals surface area contributed by atoms with Crippen molar-refractivity contribution in [1.82, 2.24) is 0 Å². The predicted molar refractivity (Wildman–Crippen MR) is 68.6 cm³/mol. The molecule has 0 aliphatic rings. The zero-order valence-electron chi connectivity index (χ0n) is 9.28. The normalized spacial score (nSPS) is 12.0. The van der Waals surface area contributed by atoms with Gasteiger partial charge in [-0.05, 0) is 36.4 Å². The smallest absolute Gasteiger partial charge is 0.269 e. The maximum absolute atomic E-state index is 12.1. The van der Waals surface area contributed by atoms with Crippen LogP contribution >= 0.6 is 0 Å². The summed E-state index contributed by atoms with van der Waals surface area (Å²) < 4.78 is 12.1. The van der Waals surface area contributed by atoms with E-state index in [0.29, 0.717) is 15.5 Å². The Labute approximate surface area is 106 Å². The minimum atomic E-state index is -1.35. The molecule has 2 aromatic carbocycles. The molecule has 0 amide bonds. The van der Waals surface area contributed by atoms with E-state index in [4.69, 9.17) is 5.73 Å². The Morgan fingerprint density at radius 3 is 1.83 bits per heavy atom. The summed E-state index contributed by atoms with van der Waals surface area (Å²) in [5, 5.41) is 10.5. The lowest BCUT2D eigenvalue weighted by Crippen LogP contribution is -1.94. The number of hydrogen-bond acceptors (Lipinski definition) is 4. The summed E-state index contributed by atoms with van der Waals surface area (Å²) in [5.41, 5.74) is 6.12. The van der Waals surface area contributed by atoms with Crippen molar-refractivity contribution in [3.05, 3.63) is 58.6 Å². The molecule has 1 unspecified atom stereocenters. The third kappa shape index (κ3) is 2.54. The fraction of sp³-hybridized carbons (Fsp3) is 0. The molecule has 6 heteroatoms. The van der Waals surface area contributed by atoms with E-state index in [1.165, 1.54) is 24.3 Å². The number of nitro groups is 1. The molecule has 18 heavy (non-hydrogen) atoms. The molecule has 0 heterocycles. The van der Waals surface area contributed by atoms with Crippen molar-refractivity contribution in [1.29, 1.82) is 0 Å². The molecular formula is C12H10N2O3S. The van der Waals surface area contributed by atoms with Crippen LogP contribution in [0.4, 0.5) is 11.4 Å². The number of nitrogen functional groups attached to an aromatic ring is 1. The summed E-state index contributed by atoms with van der Waals surface area (Å²) in [7, 11) is -1.35. The third-order valence-corrected chi connectivity index (χ3v) is 3.76. The second-order valence-electron chi connectivity index (χ2n) is 3.59. The average Bonchev–Trinajstić information content (AvgIpc) is 2.39. The molecule has 1 atom stereocenters. The molecule has 0 bridgehead atoms. The van der Waals surface area contributed by atoms with Crippen LogP contribution in [0.2, 0.25) is 0 Å². The van der Waals surface area contributed by atoms with Gasteiger partial charge in [-0.3, -0.25) is 10.1 Å². The highest BCUT2D eigenvalue weighted by Crippen LogP contribution is 2.20. The van der Waals surface area contributed by atoms with Gasteiger partial charge in [0.15, 0.2) is 0 Å². The lowest BCUT2D eigenvalue weighted by molar-refractivity contribution is -0.384. The van der Waals surface area contributed by atoms with Gasteiger partial charge in [-0.25, -0.2) is 4.21 Å². The maximum Gasteiger partial charge on any atom is 0.269 e. The van der Waals surface area contributed by atoms with Gasteiger partial charge in [0.25, 0.3) is 5.69 Å². The predicted octanol–water partition coefficient (Wildman–Crippen LogP) is 2.34. The summed E-state index contributed by atoms with van der Waals surface area (Å²) in [6, 6.07) is 12.3. The molecule has 0 saturated heterocycles. The van der Waals surface area contributed by atoms with Gasteiger partial charge in [0.2, 0.25) is 0 Å². The molecule has 0 radical (unpaired) electrons. The average molecular weight is 262 g/mol. The van der Waals surface area contributed by atoms with Gasteiger partial charge in [-0.15, -0.1) is 0 Å². The Kier molecular flexibility index (Phi) is 3.38. The van der Waals surface area contributed by atoms with Crippen LogP contribution in [0.1, 0.15) is 0 Å². The quantitative estimate of drug-likeness (QED) is 0.522. The first-order valence-electron chi connectivity index (χ1n) is 5.10. The Balaban J connectivity index is 2.28. The van der Waals surface area contributed by atoms with Crippen molar-refractivity contribution >= 4 is 22.2 Å². The fourth-order valence-electron chi connectivity index (χ4n) is 1.42. The number of anilines is 1. The van der Waals surface area contributed by atoms with Crippen LogP contribution in [-0.2, 0) is 10.8 Å². The van der Waals surface area contributed by atoms with Gasteiger partial charge in [-0.2, -0.15) is 0 Å². The molecule has 5 nitrogen and oxygen atoms in total. The van der Waals surface area contributed by atoms with Gasteiger partial charge in [0, 0.05) is 27.6 Å². The Morgan fingerprint density at radius 1 is 0.944 bits per heavy atom. The molecule has 0 aliphatic heterocycles. The van der Waals surface area contributed by atoms with Crippen molar-refractivity contribution in [2.24, 2.45) is 0 Å². The summed E-state index contributed by atoms with van der Waals surface area (Å²) in [6.07, 6.45) is 0. The van der Waals surface area contributed by atoms with Gasteiger partial charge in [0.1, 0.15) is 0 Å². The zero-order valence-corrected chi connectivity index (χ0v) is 10.1. The van der Waals surface area contributed by atoms with E-state index in [1.807, 2.05) is 0 Å². The molecule has 2 rings (SSSR count). The first kappa shape index (κ1) is 12.3. The van der Waals surface area contributed by atoms with Crippen LogP contribution < -0.4 is 5.73 Å². The first-order valence-corrected chi connectivity index (χ1v) is 6.24. The fourth-order valence-corrected chi connectivity index (χ4v) is 2.46. The van der Waals surface area contributed by atoms with Crippen LogP contribution in [0.15, 0.2) is 58.3 Å². The third-order valence-electron chi connectivity index (χ3n) is 2.36. The highest BCUT2D eigenvalue weighted by molar-refractivity contribution is 7.85. The van der Waals surface area contributed by atoms with E-state index in [9.17, 15) is 14.3 Å². The summed E-state index contributed by atoms with van der Waals surface area (Å²) in [5.74, 6) is 0. The second kappa shape index (κ2) is 4.97.